The van der Waals surface area contributed by atoms with Crippen LogP contribution in [0.4, 0.5) is 0 Å². The third-order valence-corrected chi connectivity index (χ3v) is 3.78. The molecule has 1 saturated heterocycles. The second-order valence-electron chi connectivity index (χ2n) is 5.02. The highest BCUT2D eigenvalue weighted by Gasteiger charge is 2.29. The molecule has 2 heteroatoms. The molecule has 1 aliphatic heterocycles. The Hall–Kier alpha value is -1.54. The van der Waals surface area contributed by atoms with E-state index in [9.17, 15) is 0 Å². The first-order chi connectivity index (χ1) is 8.93. The van der Waals surface area contributed by atoms with Gasteiger partial charge >= 0.3 is 0 Å². The van der Waals surface area contributed by atoms with E-state index in [-0.39, 0.29) is 0 Å². The summed E-state index contributed by atoms with van der Waals surface area (Å²) < 4.78 is 0. The van der Waals surface area contributed by atoms with E-state index in [1.807, 2.05) is 0 Å². The van der Waals surface area contributed by atoms with Crippen LogP contribution in [-0.2, 0) is 6.54 Å². The minimum absolute atomic E-state index is 0.603. The minimum atomic E-state index is 0.603. The van der Waals surface area contributed by atoms with Crippen molar-refractivity contribution in [2.24, 2.45) is 0 Å². The predicted molar refractivity (Wildman–Crippen MR) is 78.1 cm³/mol. The summed E-state index contributed by atoms with van der Waals surface area (Å²) in [5.74, 6) is 0. The van der Waals surface area contributed by atoms with E-state index in [4.69, 9.17) is 0 Å². The Labute approximate surface area is 110 Å². The van der Waals surface area contributed by atoms with E-state index in [1.54, 1.807) is 0 Å². The van der Waals surface area contributed by atoms with Crippen LogP contribution in [0.1, 0.15) is 12.0 Å². The summed E-state index contributed by atoms with van der Waals surface area (Å²) in [4.78, 5) is 2.60. The lowest BCUT2D eigenvalue weighted by Crippen LogP contribution is -2.42. The second kappa shape index (κ2) is 5.41. The molecule has 0 bridgehead atoms. The standard InChI is InChI=1S/C16H18BN/c1-3-8-15(9-4-1)14-18-13-7-12-17(18)16-10-5-2-6-11-16/h1-6,8-11H,7,12-14H2. The van der Waals surface area contributed by atoms with Gasteiger partial charge in [0.15, 0.2) is 0 Å². The van der Waals surface area contributed by atoms with Crippen LogP contribution in [0.25, 0.3) is 0 Å². The molecule has 18 heavy (non-hydrogen) atoms. The molecule has 2 aromatic carbocycles. The molecule has 1 nitrogen and oxygen atoms in total. The van der Waals surface area contributed by atoms with E-state index in [2.05, 4.69) is 65.5 Å². The van der Waals surface area contributed by atoms with Crippen LogP contribution in [0.5, 0.6) is 0 Å². The van der Waals surface area contributed by atoms with E-state index < -0.39 is 0 Å². The average Bonchev–Trinajstić information content (AvgIpc) is 2.89. The summed E-state index contributed by atoms with van der Waals surface area (Å²) in [7, 11) is 0. The molecule has 0 radical (unpaired) electrons. The van der Waals surface area contributed by atoms with E-state index in [0.29, 0.717) is 6.85 Å². The van der Waals surface area contributed by atoms with Crippen molar-refractivity contribution >= 4 is 12.3 Å². The van der Waals surface area contributed by atoms with Crippen molar-refractivity contribution in [1.82, 2.24) is 4.81 Å². The van der Waals surface area contributed by atoms with Gasteiger partial charge < -0.3 is 4.81 Å². The van der Waals surface area contributed by atoms with E-state index >= 15 is 0 Å². The monoisotopic (exact) mass is 235 g/mol. The predicted octanol–water partition coefficient (Wildman–Crippen LogP) is 2.79. The Bertz CT molecular complexity index is 483. The zero-order valence-corrected chi connectivity index (χ0v) is 10.6. The lowest BCUT2D eigenvalue weighted by atomic mass is 9.54. The molecule has 3 rings (SSSR count). The maximum absolute atomic E-state index is 2.60. The fraction of sp³-hybridized carbons (Fsp3) is 0.250. The quantitative estimate of drug-likeness (QED) is 0.739. The van der Waals surface area contributed by atoms with Gasteiger partial charge in [-0.1, -0.05) is 72.4 Å². The van der Waals surface area contributed by atoms with Crippen molar-refractivity contribution < 1.29 is 0 Å². The number of nitrogens with zero attached hydrogens (tertiary/aromatic N) is 1. The highest BCUT2D eigenvalue weighted by Crippen LogP contribution is 2.18. The van der Waals surface area contributed by atoms with Crippen LogP contribution in [0.3, 0.4) is 0 Å². The van der Waals surface area contributed by atoms with Crippen LogP contribution in [-0.4, -0.2) is 18.2 Å². The number of hydrogen-bond acceptors (Lipinski definition) is 1. The Morgan fingerprint density at radius 3 is 2.28 bits per heavy atom. The molecule has 0 amide bonds. The molecule has 2 aromatic rings. The molecule has 0 saturated carbocycles. The van der Waals surface area contributed by atoms with Crippen molar-refractivity contribution in [3.05, 3.63) is 66.2 Å². The molecular weight excluding hydrogens is 217 g/mol. The lowest BCUT2D eigenvalue weighted by molar-refractivity contribution is 0.465. The smallest absolute Gasteiger partial charge is 0.257 e. The first-order valence-electron chi connectivity index (χ1n) is 6.76. The first kappa shape index (κ1) is 11.5. The number of rotatable bonds is 3. The molecule has 90 valence electrons. The molecule has 0 N–H and O–H groups in total. The Kier molecular flexibility index (Phi) is 3.47. The van der Waals surface area contributed by atoms with Gasteiger partial charge in [-0.15, -0.1) is 0 Å². The van der Waals surface area contributed by atoms with Crippen LogP contribution < -0.4 is 5.46 Å². The van der Waals surface area contributed by atoms with Crippen molar-refractivity contribution in [1.29, 1.82) is 0 Å². The molecule has 0 atom stereocenters. The molecule has 1 heterocycles. The zero-order valence-electron chi connectivity index (χ0n) is 10.6. The van der Waals surface area contributed by atoms with Crippen LogP contribution in [0.2, 0.25) is 6.32 Å². The summed E-state index contributed by atoms with van der Waals surface area (Å²) >= 11 is 0. The van der Waals surface area contributed by atoms with Crippen LogP contribution >= 0.6 is 0 Å². The van der Waals surface area contributed by atoms with Gasteiger partial charge in [0, 0.05) is 6.54 Å². The molecule has 0 unspecified atom stereocenters. The fourth-order valence-electron chi connectivity index (χ4n) is 2.89. The van der Waals surface area contributed by atoms with Crippen LogP contribution in [0, 0.1) is 0 Å². The van der Waals surface area contributed by atoms with Gasteiger partial charge in [-0.25, -0.2) is 0 Å². The minimum Gasteiger partial charge on any atom is -0.334 e. The van der Waals surface area contributed by atoms with Crippen LogP contribution in [0.15, 0.2) is 60.7 Å². The molecule has 0 spiro atoms. The molecule has 0 aliphatic carbocycles. The topological polar surface area (TPSA) is 3.24 Å². The maximum Gasteiger partial charge on any atom is 0.257 e. The highest BCUT2D eigenvalue weighted by atomic mass is 15.1. The summed E-state index contributed by atoms with van der Waals surface area (Å²) in [5, 5.41) is 0. The largest absolute Gasteiger partial charge is 0.334 e. The summed E-state index contributed by atoms with van der Waals surface area (Å²) in [6.07, 6.45) is 2.60. The first-order valence-corrected chi connectivity index (χ1v) is 6.76. The lowest BCUT2D eigenvalue weighted by Gasteiger charge is -2.22. The van der Waals surface area contributed by atoms with Crippen molar-refractivity contribution in [2.45, 2.75) is 19.3 Å². The van der Waals surface area contributed by atoms with Gasteiger partial charge in [0.2, 0.25) is 0 Å². The van der Waals surface area contributed by atoms with Crippen molar-refractivity contribution in [3.63, 3.8) is 0 Å². The molecule has 1 aliphatic rings. The average molecular weight is 235 g/mol. The van der Waals surface area contributed by atoms with Gasteiger partial charge in [-0.2, -0.15) is 0 Å². The van der Waals surface area contributed by atoms with Gasteiger partial charge in [0.1, 0.15) is 0 Å². The van der Waals surface area contributed by atoms with E-state index in [0.717, 1.165) is 6.54 Å². The highest BCUT2D eigenvalue weighted by molar-refractivity contribution is 6.71. The Balaban J connectivity index is 1.76. The van der Waals surface area contributed by atoms with Gasteiger partial charge in [0.25, 0.3) is 6.85 Å². The Morgan fingerprint density at radius 2 is 1.56 bits per heavy atom. The van der Waals surface area contributed by atoms with E-state index in [1.165, 1.54) is 30.3 Å². The molecular formula is C16H18BN. The molecule has 0 aromatic heterocycles. The van der Waals surface area contributed by atoms with Gasteiger partial charge in [-0.3, -0.25) is 0 Å². The van der Waals surface area contributed by atoms with Gasteiger partial charge in [0.05, 0.1) is 0 Å². The SMILES string of the molecule is c1ccc(CN2CCCB2c2ccccc2)cc1. The fourth-order valence-corrected chi connectivity index (χ4v) is 2.89. The second-order valence-corrected chi connectivity index (χ2v) is 5.02. The number of benzene rings is 2. The third kappa shape index (κ3) is 2.49. The Morgan fingerprint density at radius 1 is 0.889 bits per heavy atom. The maximum atomic E-state index is 2.60. The molecule has 1 fully saturated rings. The zero-order chi connectivity index (χ0) is 12.2. The van der Waals surface area contributed by atoms with Gasteiger partial charge in [-0.05, 0) is 18.5 Å². The summed E-state index contributed by atoms with van der Waals surface area (Å²) in [5.41, 5.74) is 2.88. The number of hydrogen-bond donors (Lipinski definition) is 0. The normalized spacial score (nSPS) is 16.1. The summed E-state index contributed by atoms with van der Waals surface area (Å²) in [6.45, 7) is 2.89. The van der Waals surface area contributed by atoms with Crippen molar-refractivity contribution in [3.8, 4) is 0 Å². The van der Waals surface area contributed by atoms with Crippen molar-refractivity contribution in [2.75, 3.05) is 6.54 Å². The summed E-state index contributed by atoms with van der Waals surface area (Å²) in [6, 6.07) is 21.7. The third-order valence-electron chi connectivity index (χ3n) is 3.78.